The highest BCUT2D eigenvalue weighted by Gasteiger charge is 2.34. The number of rotatable bonds is 7. The maximum atomic E-state index is 11.9. The van der Waals surface area contributed by atoms with Crippen molar-refractivity contribution in [3.63, 3.8) is 0 Å². The molecule has 2 atom stereocenters. The Labute approximate surface area is 134 Å². The summed E-state index contributed by atoms with van der Waals surface area (Å²) in [6.07, 6.45) is 3.35. The van der Waals surface area contributed by atoms with Crippen molar-refractivity contribution in [2.45, 2.75) is 46.1 Å². The van der Waals surface area contributed by atoms with E-state index in [1.165, 1.54) is 19.3 Å². The molecule has 0 saturated carbocycles. The van der Waals surface area contributed by atoms with Gasteiger partial charge in [0.15, 0.2) is 0 Å². The van der Waals surface area contributed by atoms with Crippen LogP contribution < -0.4 is 0 Å². The smallest absolute Gasteiger partial charge is 0.251 e. The molecule has 2 aliphatic rings. The Bertz CT molecular complexity index is 401. The number of hydrogen-bond acceptors (Lipinski definition) is 3. The zero-order valence-electron chi connectivity index (χ0n) is 14.4. The third kappa shape index (κ3) is 4.00. The van der Waals surface area contributed by atoms with Crippen molar-refractivity contribution in [2.24, 2.45) is 17.8 Å². The van der Waals surface area contributed by atoms with Crippen LogP contribution >= 0.6 is 0 Å². The third-order valence-electron chi connectivity index (χ3n) is 5.40. The molecule has 22 heavy (non-hydrogen) atoms. The number of methoxy groups -OCH3 is 1. The SMILES string of the molecule is COC(C)C(=O)N1CC(CCCC(C)C2CN(C(C)=O)C2)C1. The van der Waals surface area contributed by atoms with Gasteiger partial charge in [0.05, 0.1) is 0 Å². The minimum atomic E-state index is -0.316. The van der Waals surface area contributed by atoms with Crippen molar-refractivity contribution in [3.8, 4) is 0 Å². The van der Waals surface area contributed by atoms with Crippen LogP contribution in [0.3, 0.4) is 0 Å². The molecule has 0 spiro atoms. The molecule has 0 bridgehead atoms. The summed E-state index contributed by atoms with van der Waals surface area (Å²) in [5.41, 5.74) is 0. The number of hydrogen-bond donors (Lipinski definition) is 0. The first-order valence-electron chi connectivity index (χ1n) is 8.49. The summed E-state index contributed by atoms with van der Waals surface area (Å²) >= 11 is 0. The van der Waals surface area contributed by atoms with Crippen LogP contribution in [0.2, 0.25) is 0 Å². The standard InChI is InChI=1S/C17H30N2O3/c1-12(16-10-18(11-16)14(3)20)6-5-7-15-8-19(9-15)17(21)13(2)22-4/h12-13,15-16H,5-11H2,1-4H3. The van der Waals surface area contributed by atoms with Gasteiger partial charge in [-0.05, 0) is 31.1 Å². The molecule has 2 heterocycles. The first kappa shape index (κ1) is 17.3. The van der Waals surface area contributed by atoms with Gasteiger partial charge in [-0.2, -0.15) is 0 Å². The van der Waals surface area contributed by atoms with Gasteiger partial charge in [-0.3, -0.25) is 9.59 Å². The van der Waals surface area contributed by atoms with E-state index in [4.69, 9.17) is 4.74 Å². The van der Waals surface area contributed by atoms with E-state index in [2.05, 4.69) is 6.92 Å². The maximum Gasteiger partial charge on any atom is 0.251 e. The van der Waals surface area contributed by atoms with Crippen molar-refractivity contribution in [2.75, 3.05) is 33.3 Å². The van der Waals surface area contributed by atoms with Gasteiger partial charge in [0, 0.05) is 40.2 Å². The Morgan fingerprint density at radius 3 is 2.32 bits per heavy atom. The Morgan fingerprint density at radius 2 is 1.77 bits per heavy atom. The molecule has 0 radical (unpaired) electrons. The molecule has 0 aromatic rings. The van der Waals surface area contributed by atoms with Crippen molar-refractivity contribution >= 4 is 11.8 Å². The fourth-order valence-electron chi connectivity index (χ4n) is 3.38. The molecule has 2 fully saturated rings. The number of amides is 2. The van der Waals surface area contributed by atoms with E-state index >= 15 is 0 Å². The zero-order chi connectivity index (χ0) is 16.3. The summed E-state index contributed by atoms with van der Waals surface area (Å²) < 4.78 is 5.07. The summed E-state index contributed by atoms with van der Waals surface area (Å²) in [4.78, 5) is 26.9. The van der Waals surface area contributed by atoms with Crippen LogP contribution in [0.5, 0.6) is 0 Å². The molecule has 2 saturated heterocycles. The van der Waals surface area contributed by atoms with Crippen molar-refractivity contribution in [1.29, 1.82) is 0 Å². The summed E-state index contributed by atoms with van der Waals surface area (Å²) in [5.74, 6) is 2.36. The molecule has 2 rings (SSSR count). The highest BCUT2D eigenvalue weighted by molar-refractivity contribution is 5.81. The summed E-state index contributed by atoms with van der Waals surface area (Å²) in [5, 5.41) is 0. The number of nitrogens with zero attached hydrogens (tertiary/aromatic N) is 2. The molecule has 2 amide bonds. The van der Waals surface area contributed by atoms with Crippen LogP contribution in [0, 0.1) is 17.8 Å². The fraction of sp³-hybridized carbons (Fsp3) is 0.882. The zero-order valence-corrected chi connectivity index (χ0v) is 14.4. The van der Waals surface area contributed by atoms with Crippen LogP contribution in [-0.4, -0.2) is 61.0 Å². The van der Waals surface area contributed by atoms with Gasteiger partial charge in [0.1, 0.15) is 6.10 Å². The van der Waals surface area contributed by atoms with Crippen LogP contribution in [0.25, 0.3) is 0 Å². The van der Waals surface area contributed by atoms with E-state index in [9.17, 15) is 9.59 Å². The minimum Gasteiger partial charge on any atom is -0.372 e. The first-order valence-corrected chi connectivity index (χ1v) is 8.49. The largest absolute Gasteiger partial charge is 0.372 e. The van der Waals surface area contributed by atoms with E-state index in [0.29, 0.717) is 17.8 Å². The Kier molecular flexibility index (Phi) is 5.84. The Balaban J connectivity index is 1.54. The van der Waals surface area contributed by atoms with Crippen LogP contribution in [0.15, 0.2) is 0 Å². The molecule has 2 unspecified atom stereocenters. The topological polar surface area (TPSA) is 49.9 Å². The molecule has 0 aromatic carbocycles. The highest BCUT2D eigenvalue weighted by Crippen LogP contribution is 2.29. The second kappa shape index (κ2) is 7.44. The Morgan fingerprint density at radius 1 is 1.14 bits per heavy atom. The van der Waals surface area contributed by atoms with Crippen molar-refractivity contribution < 1.29 is 14.3 Å². The Hall–Kier alpha value is -1.10. The second-order valence-electron chi connectivity index (χ2n) is 7.08. The predicted octanol–water partition coefficient (Wildman–Crippen LogP) is 1.76. The van der Waals surface area contributed by atoms with E-state index in [-0.39, 0.29) is 17.9 Å². The predicted molar refractivity (Wildman–Crippen MR) is 85.3 cm³/mol. The molecule has 0 N–H and O–H groups in total. The van der Waals surface area contributed by atoms with Crippen LogP contribution in [0.4, 0.5) is 0 Å². The summed E-state index contributed by atoms with van der Waals surface area (Å²) in [6, 6.07) is 0. The van der Waals surface area contributed by atoms with E-state index in [0.717, 1.165) is 26.2 Å². The molecular weight excluding hydrogens is 280 g/mol. The lowest BCUT2D eigenvalue weighted by molar-refractivity contribution is -0.147. The van der Waals surface area contributed by atoms with Gasteiger partial charge < -0.3 is 14.5 Å². The van der Waals surface area contributed by atoms with E-state index in [1.54, 1.807) is 21.0 Å². The molecule has 5 heteroatoms. The van der Waals surface area contributed by atoms with Crippen LogP contribution in [-0.2, 0) is 14.3 Å². The van der Waals surface area contributed by atoms with E-state index in [1.807, 2.05) is 9.80 Å². The quantitative estimate of drug-likeness (QED) is 0.720. The lowest BCUT2D eigenvalue weighted by atomic mass is 9.82. The fourth-order valence-corrected chi connectivity index (χ4v) is 3.38. The first-order chi connectivity index (χ1) is 10.4. The summed E-state index contributed by atoms with van der Waals surface area (Å²) in [6.45, 7) is 9.42. The minimum absolute atomic E-state index is 0.117. The van der Waals surface area contributed by atoms with Gasteiger partial charge in [0.25, 0.3) is 5.91 Å². The second-order valence-corrected chi connectivity index (χ2v) is 7.08. The van der Waals surface area contributed by atoms with Gasteiger partial charge in [-0.1, -0.05) is 19.8 Å². The lowest BCUT2D eigenvalue weighted by Gasteiger charge is -2.43. The van der Waals surface area contributed by atoms with Gasteiger partial charge in [0.2, 0.25) is 5.91 Å². The third-order valence-corrected chi connectivity index (χ3v) is 5.40. The maximum absolute atomic E-state index is 11.9. The average Bonchev–Trinajstić information content (AvgIpc) is 2.37. The number of carbonyl (C=O) groups excluding carboxylic acids is 2. The monoisotopic (exact) mass is 310 g/mol. The molecular formula is C17H30N2O3. The molecule has 5 nitrogen and oxygen atoms in total. The molecule has 0 aromatic heterocycles. The summed E-state index contributed by atoms with van der Waals surface area (Å²) in [7, 11) is 1.58. The highest BCUT2D eigenvalue weighted by atomic mass is 16.5. The average molecular weight is 310 g/mol. The van der Waals surface area contributed by atoms with E-state index < -0.39 is 0 Å². The lowest BCUT2D eigenvalue weighted by Crippen LogP contribution is -2.53. The molecule has 126 valence electrons. The number of ether oxygens (including phenoxy) is 1. The normalized spacial score (nSPS) is 22.0. The van der Waals surface area contributed by atoms with Crippen molar-refractivity contribution in [1.82, 2.24) is 9.80 Å². The van der Waals surface area contributed by atoms with Crippen LogP contribution in [0.1, 0.15) is 40.0 Å². The van der Waals surface area contributed by atoms with Gasteiger partial charge in [-0.25, -0.2) is 0 Å². The number of likely N-dealkylation sites (tertiary alicyclic amines) is 2. The molecule has 2 aliphatic heterocycles. The van der Waals surface area contributed by atoms with Gasteiger partial charge >= 0.3 is 0 Å². The molecule has 0 aliphatic carbocycles. The number of carbonyl (C=O) groups is 2. The van der Waals surface area contributed by atoms with Gasteiger partial charge in [-0.15, -0.1) is 0 Å². The van der Waals surface area contributed by atoms with Crippen molar-refractivity contribution in [3.05, 3.63) is 0 Å².